The summed E-state index contributed by atoms with van der Waals surface area (Å²) < 4.78 is 45.0. The molecule has 16 heteroatoms. The molecule has 1 aliphatic heterocycles. The van der Waals surface area contributed by atoms with E-state index in [1.54, 1.807) is 72.7 Å². The van der Waals surface area contributed by atoms with Gasteiger partial charge in [0.2, 0.25) is 27.7 Å². The van der Waals surface area contributed by atoms with Crippen molar-refractivity contribution >= 4 is 56.2 Å². The molecule has 1 aromatic carbocycles. The molecule has 3 N–H and O–H groups in total. The van der Waals surface area contributed by atoms with Gasteiger partial charge in [-0.05, 0) is 70.1 Å². The Morgan fingerprint density at radius 2 is 1.81 bits per heavy atom. The van der Waals surface area contributed by atoms with E-state index in [0.717, 1.165) is 0 Å². The van der Waals surface area contributed by atoms with Gasteiger partial charge in [-0.25, -0.2) is 18.2 Å². The van der Waals surface area contributed by atoms with Gasteiger partial charge in [0.15, 0.2) is 0 Å². The Kier molecular flexibility index (Phi) is 10.8. The van der Waals surface area contributed by atoms with E-state index >= 15 is 0 Å². The molecule has 0 unspecified atom stereocenters. The minimum atomic E-state index is -4.02. The maximum Gasteiger partial charge on any atom is 0.408 e. The Morgan fingerprint density at radius 1 is 1.13 bits per heavy atom. The predicted molar refractivity (Wildman–Crippen MR) is 199 cm³/mol. The van der Waals surface area contributed by atoms with Crippen LogP contribution in [0.15, 0.2) is 36.9 Å². The molecular weight excluding hydrogens is 726 g/mol. The molecule has 0 radical (unpaired) electrons. The molecule has 2 aliphatic carbocycles. The topological polar surface area (TPSA) is 182 Å². The highest BCUT2D eigenvalue weighted by atomic mass is 35.5. The first-order chi connectivity index (χ1) is 24.6. The van der Waals surface area contributed by atoms with E-state index in [-0.39, 0.29) is 30.4 Å². The molecule has 1 saturated heterocycles. The van der Waals surface area contributed by atoms with Crippen LogP contribution in [0.5, 0.6) is 11.6 Å². The second kappa shape index (κ2) is 14.3. The maximum atomic E-state index is 14.5. The normalized spacial score (nSPS) is 24.1. The number of halogens is 1. The molecule has 1 aromatic heterocycles. The monoisotopic (exact) mass is 775 g/mol. The van der Waals surface area contributed by atoms with Crippen LogP contribution in [0.25, 0.3) is 10.8 Å². The number of nitrogens with zero attached hydrogens (tertiary/aromatic N) is 2. The number of nitrogens with one attached hydrogen (secondary N) is 3. The summed E-state index contributed by atoms with van der Waals surface area (Å²) in [6.45, 7) is 15.8. The number of fused-ring (bicyclic) bond motifs is 1. The number of likely N-dealkylation sites (tertiary alicyclic amines) is 1. The number of hydrogen-bond donors (Lipinski definition) is 3. The van der Waals surface area contributed by atoms with E-state index in [0.29, 0.717) is 35.8 Å². The molecule has 0 spiro atoms. The van der Waals surface area contributed by atoms with E-state index in [4.69, 9.17) is 25.8 Å². The Morgan fingerprint density at radius 3 is 2.36 bits per heavy atom. The maximum absolute atomic E-state index is 14.5. The third kappa shape index (κ3) is 8.20. The first kappa shape index (κ1) is 40.1. The molecule has 3 fully saturated rings. The summed E-state index contributed by atoms with van der Waals surface area (Å²) in [7, 11) is -2.50. The number of carbonyl (C=O) groups excluding carboxylic acids is 4. The number of ether oxygens (including phenoxy) is 3. The third-order valence-corrected chi connectivity index (χ3v) is 12.7. The number of benzene rings is 1. The quantitative estimate of drug-likeness (QED) is 0.203. The van der Waals surface area contributed by atoms with Crippen LogP contribution in [0.2, 0.25) is 5.15 Å². The van der Waals surface area contributed by atoms with Gasteiger partial charge in [0.1, 0.15) is 40.2 Å². The number of amides is 4. The average Bonchev–Trinajstić information content (AvgIpc) is 3.96. The van der Waals surface area contributed by atoms with Gasteiger partial charge < -0.3 is 29.7 Å². The van der Waals surface area contributed by atoms with Crippen LogP contribution < -0.4 is 24.8 Å². The summed E-state index contributed by atoms with van der Waals surface area (Å²) in [6.07, 6.45) is 1.19. The highest BCUT2D eigenvalue weighted by Gasteiger charge is 2.63. The van der Waals surface area contributed by atoms with Crippen molar-refractivity contribution < 1.29 is 41.8 Å². The summed E-state index contributed by atoms with van der Waals surface area (Å²) in [5, 5.41) is 6.85. The molecule has 0 bridgehead atoms. The van der Waals surface area contributed by atoms with Gasteiger partial charge in [-0.3, -0.25) is 19.1 Å². The van der Waals surface area contributed by atoms with E-state index in [1.807, 2.05) is 0 Å². The highest BCUT2D eigenvalue weighted by Crippen LogP contribution is 2.48. The molecule has 2 aromatic rings. The van der Waals surface area contributed by atoms with Crippen molar-refractivity contribution in [3.8, 4) is 11.6 Å². The van der Waals surface area contributed by atoms with Crippen LogP contribution in [0.4, 0.5) is 4.79 Å². The van der Waals surface area contributed by atoms with Gasteiger partial charge in [0.25, 0.3) is 5.91 Å². The SMILES string of the molecule is C=C[C@@H]1C[C@]1(NC(=O)[C@@H]1C[C@@H](Oc2nc(Cl)cc3c(OC)cccc23)CN1C(=O)[C@@H](NC(=O)OC(C)(C)C)C(C)(C)C)C(=O)NS(=O)(=O)C1(CC)CC1. The largest absolute Gasteiger partial charge is 0.496 e. The van der Waals surface area contributed by atoms with Gasteiger partial charge in [-0.2, -0.15) is 0 Å². The molecule has 2 heterocycles. The number of hydrogen-bond acceptors (Lipinski definition) is 10. The fourth-order valence-corrected chi connectivity index (χ4v) is 8.69. The van der Waals surface area contributed by atoms with Crippen molar-refractivity contribution in [1.82, 2.24) is 25.2 Å². The molecule has 14 nitrogen and oxygen atoms in total. The Bertz CT molecular complexity index is 1920. The van der Waals surface area contributed by atoms with Crippen LogP contribution in [-0.2, 0) is 29.1 Å². The zero-order valence-electron chi connectivity index (χ0n) is 31.5. The minimum absolute atomic E-state index is 0.0335. The molecule has 5 atom stereocenters. The number of methoxy groups -OCH3 is 1. The lowest BCUT2D eigenvalue weighted by Gasteiger charge is -2.36. The van der Waals surface area contributed by atoms with Crippen molar-refractivity contribution in [3.63, 3.8) is 0 Å². The van der Waals surface area contributed by atoms with Crippen LogP contribution in [-0.4, -0.2) is 89.8 Å². The van der Waals surface area contributed by atoms with Crippen molar-refractivity contribution in [2.45, 2.75) is 115 Å². The molecule has 2 saturated carbocycles. The minimum Gasteiger partial charge on any atom is -0.496 e. The number of pyridine rings is 1. The zero-order chi connectivity index (χ0) is 39.3. The van der Waals surface area contributed by atoms with Crippen LogP contribution in [0, 0.1) is 11.3 Å². The smallest absolute Gasteiger partial charge is 0.408 e. The fraction of sp³-hybridized carbons (Fsp3) is 0.595. The second-order valence-electron chi connectivity index (χ2n) is 16.2. The van der Waals surface area contributed by atoms with Crippen LogP contribution in [0.1, 0.15) is 80.6 Å². The Hall–Kier alpha value is -4.11. The first-order valence-corrected chi connectivity index (χ1v) is 19.6. The second-order valence-corrected chi connectivity index (χ2v) is 18.7. The van der Waals surface area contributed by atoms with Crippen molar-refractivity contribution in [1.29, 1.82) is 0 Å². The van der Waals surface area contributed by atoms with E-state index in [9.17, 15) is 27.6 Å². The fourth-order valence-electron chi connectivity index (χ4n) is 6.84. The molecule has 3 aliphatic rings. The first-order valence-electron chi connectivity index (χ1n) is 17.7. The van der Waals surface area contributed by atoms with E-state index in [1.165, 1.54) is 18.1 Å². The van der Waals surface area contributed by atoms with Crippen LogP contribution in [0.3, 0.4) is 0 Å². The molecule has 5 rings (SSSR count). The lowest BCUT2D eigenvalue weighted by Crippen LogP contribution is -2.60. The summed E-state index contributed by atoms with van der Waals surface area (Å²) >= 11 is 6.39. The predicted octanol–water partition coefficient (Wildman–Crippen LogP) is 4.63. The summed E-state index contributed by atoms with van der Waals surface area (Å²) in [6, 6.07) is 4.61. The van der Waals surface area contributed by atoms with Gasteiger partial charge in [0, 0.05) is 23.1 Å². The van der Waals surface area contributed by atoms with Gasteiger partial charge in [0.05, 0.1) is 18.4 Å². The third-order valence-electron chi connectivity index (χ3n) is 10.2. The number of rotatable bonds is 12. The zero-order valence-corrected chi connectivity index (χ0v) is 33.1. The van der Waals surface area contributed by atoms with E-state index < -0.39 is 79.2 Å². The molecular formula is C37H50ClN5O9S. The summed E-state index contributed by atoms with van der Waals surface area (Å²) in [4.78, 5) is 61.3. The van der Waals surface area contributed by atoms with Gasteiger partial charge in [-0.15, -0.1) is 6.58 Å². The van der Waals surface area contributed by atoms with Crippen molar-refractivity contribution in [2.24, 2.45) is 11.3 Å². The highest BCUT2D eigenvalue weighted by molar-refractivity contribution is 7.91. The van der Waals surface area contributed by atoms with Crippen molar-refractivity contribution in [3.05, 3.63) is 42.1 Å². The average molecular weight is 776 g/mol. The van der Waals surface area contributed by atoms with Gasteiger partial charge in [-0.1, -0.05) is 51.4 Å². The lowest BCUT2D eigenvalue weighted by molar-refractivity contribution is -0.143. The summed E-state index contributed by atoms with van der Waals surface area (Å²) in [5.41, 5.74) is -3.28. The molecule has 4 amide bonds. The summed E-state index contributed by atoms with van der Waals surface area (Å²) in [5.74, 6) is -2.00. The number of carbonyl (C=O) groups is 4. The Labute approximate surface area is 315 Å². The number of alkyl carbamates (subject to hydrolysis) is 1. The number of sulfonamides is 1. The molecule has 53 heavy (non-hydrogen) atoms. The van der Waals surface area contributed by atoms with Crippen LogP contribution >= 0.6 is 11.6 Å². The van der Waals surface area contributed by atoms with Crippen molar-refractivity contribution in [2.75, 3.05) is 13.7 Å². The number of aromatic nitrogens is 1. The van der Waals surface area contributed by atoms with Gasteiger partial charge >= 0.3 is 6.09 Å². The Balaban J connectivity index is 1.47. The lowest BCUT2D eigenvalue weighted by atomic mass is 9.85. The molecule has 290 valence electrons. The van der Waals surface area contributed by atoms with E-state index in [2.05, 4.69) is 26.9 Å². The standard InChI is InChI=1S/C37H50ClN5O9S/c1-10-21-19-37(21,32(46)42-53(48,49)36(11-2)15-16-36)41-29(44)25-17-22(51-30-23-13-12-14-26(50-9)24(23)18-27(38)39-30)20-43(25)31(45)28(34(3,4)5)40-33(47)52-35(6,7)8/h10,12-14,18,21-22,25,28H,1,11,15-17,19-20H2,2-9H3,(H,40,47)(H,41,44)(H,42,46)/t21-,22-,25+,28-,37-/m1/s1.